The molecule has 11 heteroatoms. The quantitative estimate of drug-likeness (QED) is 0.551. The van der Waals surface area contributed by atoms with Gasteiger partial charge in [-0.15, -0.1) is 0 Å². The Labute approximate surface area is 205 Å². The predicted molar refractivity (Wildman–Crippen MR) is 128 cm³/mol. The molecular formula is C24H34F2N4O4S. The minimum atomic E-state index is -3.45. The minimum absolute atomic E-state index is 0.0529. The average Bonchev–Trinajstić information content (AvgIpc) is 3.29. The summed E-state index contributed by atoms with van der Waals surface area (Å²) in [6, 6.07) is 4.90. The Balaban J connectivity index is 1.25. The van der Waals surface area contributed by atoms with Crippen LogP contribution < -0.4 is 9.64 Å². The summed E-state index contributed by atoms with van der Waals surface area (Å²) < 4.78 is 62.5. The van der Waals surface area contributed by atoms with Crippen molar-refractivity contribution in [3.63, 3.8) is 0 Å². The summed E-state index contributed by atoms with van der Waals surface area (Å²) in [6.07, 6.45) is 5.09. The Morgan fingerprint density at radius 2 is 1.91 bits per heavy atom. The zero-order valence-corrected chi connectivity index (χ0v) is 21.5. The summed E-state index contributed by atoms with van der Waals surface area (Å²) in [5, 5.41) is 3.79. The summed E-state index contributed by atoms with van der Waals surface area (Å²) >= 11 is 0. The zero-order valence-electron chi connectivity index (χ0n) is 20.7. The Morgan fingerprint density at radius 3 is 2.49 bits per heavy atom. The summed E-state index contributed by atoms with van der Waals surface area (Å²) in [7, 11) is -3.45. The van der Waals surface area contributed by atoms with Crippen molar-refractivity contribution >= 4 is 15.9 Å². The molecule has 0 spiro atoms. The lowest BCUT2D eigenvalue weighted by Gasteiger charge is -2.45. The highest BCUT2D eigenvalue weighted by Gasteiger charge is 2.35. The van der Waals surface area contributed by atoms with Gasteiger partial charge in [-0.1, -0.05) is 5.16 Å². The van der Waals surface area contributed by atoms with Gasteiger partial charge in [-0.3, -0.25) is 4.90 Å². The average molecular weight is 513 g/mol. The summed E-state index contributed by atoms with van der Waals surface area (Å²) in [4.78, 5) is 8.73. The minimum Gasteiger partial charge on any atom is -0.490 e. The highest BCUT2D eigenvalue weighted by Crippen LogP contribution is 2.32. The first kappa shape index (κ1) is 25.8. The summed E-state index contributed by atoms with van der Waals surface area (Å²) in [5.41, 5.74) is -1.64. The fraction of sp³-hybridized carbons (Fsp3) is 0.667. The zero-order chi connectivity index (χ0) is 25.4. The fourth-order valence-corrected chi connectivity index (χ4v) is 5.59. The van der Waals surface area contributed by atoms with Gasteiger partial charge >= 0.3 is 6.01 Å². The van der Waals surface area contributed by atoms with Gasteiger partial charge in [0.1, 0.15) is 0 Å². The van der Waals surface area contributed by atoms with E-state index in [-0.39, 0.29) is 22.5 Å². The van der Waals surface area contributed by atoms with Gasteiger partial charge in [0.2, 0.25) is 5.82 Å². The Bertz CT molecular complexity index is 1130. The summed E-state index contributed by atoms with van der Waals surface area (Å²) in [6.45, 7) is 7.76. The third-order valence-corrected chi connectivity index (χ3v) is 8.10. The van der Waals surface area contributed by atoms with Crippen LogP contribution in [0.4, 0.5) is 14.8 Å². The van der Waals surface area contributed by atoms with Gasteiger partial charge in [0.25, 0.3) is 0 Å². The van der Waals surface area contributed by atoms with Gasteiger partial charge < -0.3 is 14.2 Å². The highest BCUT2D eigenvalue weighted by atomic mass is 32.2. The van der Waals surface area contributed by atoms with Gasteiger partial charge in [-0.2, -0.15) is 4.98 Å². The number of halogens is 2. The van der Waals surface area contributed by atoms with E-state index >= 15 is 0 Å². The third kappa shape index (κ3) is 6.11. The van der Waals surface area contributed by atoms with E-state index in [1.807, 2.05) is 4.90 Å². The van der Waals surface area contributed by atoms with Crippen LogP contribution in [0.3, 0.4) is 0 Å². The molecule has 1 aromatic heterocycles. The van der Waals surface area contributed by atoms with Gasteiger partial charge in [0, 0.05) is 38.0 Å². The number of piperazine rings is 1. The monoisotopic (exact) mass is 512 g/mol. The van der Waals surface area contributed by atoms with Crippen molar-refractivity contribution in [1.82, 2.24) is 15.0 Å². The molecule has 1 saturated heterocycles. The van der Waals surface area contributed by atoms with Gasteiger partial charge in [-0.05, 0) is 70.6 Å². The SMILES string of the molecule is CC1CN(c2nc(C(C)(C)F)no2)CCN1C1CCC(COc2ccc(S(C)(=O)=O)cc2F)CC1. The van der Waals surface area contributed by atoms with Gasteiger partial charge in [0.05, 0.1) is 11.5 Å². The molecule has 1 aliphatic heterocycles. The molecule has 194 valence electrons. The second-order valence-electron chi connectivity index (χ2n) is 10.3. The molecule has 0 bridgehead atoms. The van der Waals surface area contributed by atoms with E-state index < -0.39 is 21.3 Å². The normalized spacial score (nSPS) is 24.5. The number of benzene rings is 1. The third-order valence-electron chi connectivity index (χ3n) is 6.99. The second kappa shape index (κ2) is 10.0. The van der Waals surface area contributed by atoms with E-state index in [1.165, 1.54) is 26.0 Å². The molecule has 0 amide bonds. The molecule has 2 heterocycles. The first-order chi connectivity index (χ1) is 16.4. The first-order valence-corrected chi connectivity index (χ1v) is 14.0. The number of hydrogen-bond donors (Lipinski definition) is 0. The van der Waals surface area contributed by atoms with Crippen molar-refractivity contribution in [2.75, 3.05) is 37.4 Å². The Kier molecular flexibility index (Phi) is 7.38. The predicted octanol–water partition coefficient (Wildman–Crippen LogP) is 3.97. The molecule has 0 radical (unpaired) electrons. The maximum atomic E-state index is 14.3. The topological polar surface area (TPSA) is 88.8 Å². The van der Waals surface area contributed by atoms with E-state index in [1.54, 1.807) is 0 Å². The van der Waals surface area contributed by atoms with Crippen molar-refractivity contribution in [3.8, 4) is 5.75 Å². The smallest absolute Gasteiger partial charge is 0.324 e. The van der Waals surface area contributed by atoms with E-state index in [2.05, 4.69) is 22.0 Å². The van der Waals surface area contributed by atoms with Crippen molar-refractivity contribution in [2.24, 2.45) is 5.92 Å². The maximum absolute atomic E-state index is 14.3. The van der Waals surface area contributed by atoms with Crippen LogP contribution in [0.25, 0.3) is 0 Å². The van der Waals surface area contributed by atoms with Crippen LogP contribution in [0.5, 0.6) is 5.75 Å². The first-order valence-electron chi connectivity index (χ1n) is 12.1. The number of hydrogen-bond acceptors (Lipinski definition) is 8. The standard InChI is InChI=1S/C24H34F2N4O4S/c1-16-14-29(23-27-22(28-34-23)24(2,3)26)11-12-30(16)18-7-5-17(6-8-18)15-33-21-10-9-19(13-20(21)25)35(4,31)32/h9-10,13,16-18H,5-8,11-12,14-15H2,1-4H3. The number of aromatic nitrogens is 2. The molecule has 1 unspecified atom stereocenters. The number of ether oxygens (including phenoxy) is 1. The molecule has 35 heavy (non-hydrogen) atoms. The molecular weight excluding hydrogens is 478 g/mol. The molecule has 2 aliphatic rings. The van der Waals surface area contributed by atoms with Crippen molar-refractivity contribution in [2.45, 2.75) is 69.1 Å². The van der Waals surface area contributed by atoms with Crippen LogP contribution in [-0.4, -0.2) is 68.0 Å². The fourth-order valence-electron chi connectivity index (χ4n) is 4.95. The molecule has 0 N–H and O–H groups in total. The molecule has 1 atom stereocenters. The van der Waals surface area contributed by atoms with Crippen LogP contribution in [0.2, 0.25) is 0 Å². The van der Waals surface area contributed by atoms with E-state index in [9.17, 15) is 17.2 Å². The van der Waals surface area contributed by atoms with Crippen LogP contribution >= 0.6 is 0 Å². The molecule has 8 nitrogen and oxygen atoms in total. The van der Waals surface area contributed by atoms with Crippen LogP contribution in [0.1, 0.15) is 52.3 Å². The number of nitrogens with zero attached hydrogens (tertiary/aromatic N) is 4. The number of alkyl halides is 1. The largest absolute Gasteiger partial charge is 0.490 e. The van der Waals surface area contributed by atoms with Crippen molar-refractivity contribution in [1.29, 1.82) is 0 Å². The lowest BCUT2D eigenvalue weighted by Crippen LogP contribution is -2.56. The van der Waals surface area contributed by atoms with Gasteiger partial charge in [-0.25, -0.2) is 17.2 Å². The Morgan fingerprint density at radius 1 is 1.20 bits per heavy atom. The summed E-state index contributed by atoms with van der Waals surface area (Å²) in [5.74, 6) is -0.173. The molecule has 2 fully saturated rings. The number of rotatable bonds is 7. The van der Waals surface area contributed by atoms with Crippen molar-refractivity contribution in [3.05, 3.63) is 29.8 Å². The van der Waals surface area contributed by atoms with Gasteiger partial charge in [0.15, 0.2) is 27.1 Å². The van der Waals surface area contributed by atoms with Crippen LogP contribution in [0.15, 0.2) is 27.6 Å². The maximum Gasteiger partial charge on any atom is 0.324 e. The molecule has 1 aliphatic carbocycles. The van der Waals surface area contributed by atoms with E-state index in [0.29, 0.717) is 24.6 Å². The second-order valence-corrected chi connectivity index (χ2v) is 12.3. The highest BCUT2D eigenvalue weighted by molar-refractivity contribution is 7.90. The molecule has 4 rings (SSSR count). The lowest BCUT2D eigenvalue weighted by molar-refractivity contribution is 0.0763. The van der Waals surface area contributed by atoms with Crippen LogP contribution in [-0.2, 0) is 15.5 Å². The lowest BCUT2D eigenvalue weighted by atomic mass is 9.85. The molecule has 1 aromatic carbocycles. The van der Waals surface area contributed by atoms with Crippen LogP contribution in [0, 0.1) is 11.7 Å². The van der Waals surface area contributed by atoms with E-state index in [0.717, 1.165) is 57.6 Å². The Hall–Kier alpha value is -2.27. The molecule has 2 aromatic rings. The number of anilines is 1. The van der Waals surface area contributed by atoms with Crippen molar-refractivity contribution < 1.29 is 26.5 Å². The van der Waals surface area contributed by atoms with E-state index in [4.69, 9.17) is 9.26 Å². The molecule has 1 saturated carbocycles. The number of sulfone groups is 1.